The Labute approximate surface area is 60.0 Å². The van der Waals surface area contributed by atoms with Crippen LogP contribution in [0.4, 0.5) is 0 Å². The van der Waals surface area contributed by atoms with Gasteiger partial charge in [0.05, 0.1) is 0 Å². The average molecular weight is 140 g/mol. The van der Waals surface area contributed by atoms with E-state index in [4.69, 9.17) is 11.3 Å². The lowest BCUT2D eigenvalue weighted by atomic mass is 9.75. The molecule has 1 aliphatic rings. The van der Waals surface area contributed by atoms with Gasteiger partial charge in [-0.15, -0.1) is 0 Å². The molecule has 0 unspecified atom stereocenters. The largest absolute Gasteiger partial charge is 0.325 e. The van der Waals surface area contributed by atoms with Crippen LogP contribution in [0.2, 0.25) is 0 Å². The summed E-state index contributed by atoms with van der Waals surface area (Å²) in [5, 5.41) is 3.44. The van der Waals surface area contributed by atoms with E-state index in [9.17, 15) is 0 Å². The summed E-state index contributed by atoms with van der Waals surface area (Å²) in [6, 6.07) is 0. The molecule has 0 aliphatic heterocycles. The summed E-state index contributed by atoms with van der Waals surface area (Å²) < 4.78 is 0. The molecule has 4 nitrogen and oxygen atoms in total. The van der Waals surface area contributed by atoms with Crippen LogP contribution in [0, 0.1) is 0 Å². The fourth-order valence-corrected chi connectivity index (χ4v) is 1.20. The Bertz CT molecular complexity index is 155. The van der Waals surface area contributed by atoms with Gasteiger partial charge in [0.25, 0.3) is 0 Å². The number of azide groups is 1. The zero-order chi connectivity index (χ0) is 7.45. The quantitative estimate of drug-likeness (QED) is 0.360. The number of nitrogens with zero attached hydrogens (tertiary/aromatic N) is 3. The lowest BCUT2D eigenvalue weighted by molar-refractivity contribution is 0.235. The fourth-order valence-electron chi connectivity index (χ4n) is 1.20. The Balaban J connectivity index is 2.17. The van der Waals surface area contributed by atoms with E-state index in [0.717, 1.165) is 19.3 Å². The van der Waals surface area contributed by atoms with Gasteiger partial charge in [-0.2, -0.15) is 0 Å². The second-order valence-corrected chi connectivity index (χ2v) is 2.92. The van der Waals surface area contributed by atoms with Crippen molar-refractivity contribution >= 4 is 0 Å². The smallest absolute Gasteiger partial charge is 0.0275 e. The third-order valence-electron chi connectivity index (χ3n) is 2.12. The fraction of sp³-hybridized carbons (Fsp3) is 1.00. The van der Waals surface area contributed by atoms with Crippen LogP contribution in [0.3, 0.4) is 0 Å². The SMILES string of the molecule is [N-]=[N+]=NCCC1(N)CCC1. The molecule has 0 aromatic carbocycles. The van der Waals surface area contributed by atoms with Crippen molar-refractivity contribution < 1.29 is 0 Å². The van der Waals surface area contributed by atoms with Crippen molar-refractivity contribution in [1.29, 1.82) is 0 Å². The minimum Gasteiger partial charge on any atom is -0.325 e. The number of hydrogen-bond donors (Lipinski definition) is 1. The van der Waals surface area contributed by atoms with Crippen LogP contribution in [-0.2, 0) is 0 Å². The second kappa shape index (κ2) is 2.90. The van der Waals surface area contributed by atoms with Crippen LogP contribution in [0.25, 0.3) is 10.4 Å². The normalized spacial score (nSPS) is 20.9. The maximum absolute atomic E-state index is 7.97. The van der Waals surface area contributed by atoms with Crippen LogP contribution < -0.4 is 5.73 Å². The lowest BCUT2D eigenvalue weighted by Crippen LogP contribution is -2.46. The minimum absolute atomic E-state index is 0.00813. The summed E-state index contributed by atoms with van der Waals surface area (Å²) in [6.07, 6.45) is 4.26. The zero-order valence-electron chi connectivity index (χ0n) is 5.95. The molecule has 0 saturated heterocycles. The molecule has 56 valence electrons. The highest BCUT2D eigenvalue weighted by atomic mass is 15.1. The highest BCUT2D eigenvalue weighted by Gasteiger charge is 2.31. The molecule has 0 aromatic rings. The van der Waals surface area contributed by atoms with Gasteiger partial charge < -0.3 is 5.73 Å². The van der Waals surface area contributed by atoms with E-state index in [1.54, 1.807) is 0 Å². The first kappa shape index (κ1) is 7.38. The van der Waals surface area contributed by atoms with Crippen LogP contribution in [0.5, 0.6) is 0 Å². The van der Waals surface area contributed by atoms with E-state index in [-0.39, 0.29) is 5.54 Å². The van der Waals surface area contributed by atoms with Gasteiger partial charge in [-0.25, -0.2) is 0 Å². The molecule has 0 heterocycles. The lowest BCUT2D eigenvalue weighted by Gasteiger charge is -2.37. The van der Waals surface area contributed by atoms with Gasteiger partial charge in [-0.1, -0.05) is 5.11 Å². The predicted molar refractivity (Wildman–Crippen MR) is 39.4 cm³/mol. The Hall–Kier alpha value is -0.730. The summed E-state index contributed by atoms with van der Waals surface area (Å²) in [7, 11) is 0. The molecule has 1 saturated carbocycles. The first-order valence-corrected chi connectivity index (χ1v) is 3.57. The average Bonchev–Trinajstić information content (AvgIpc) is 1.85. The standard InChI is InChI=1S/C6H12N4/c7-6(2-1-3-6)4-5-9-10-8/h1-5,7H2. The van der Waals surface area contributed by atoms with Crippen molar-refractivity contribution in [3.05, 3.63) is 10.4 Å². The summed E-state index contributed by atoms with van der Waals surface area (Å²) in [4.78, 5) is 2.67. The van der Waals surface area contributed by atoms with Crippen LogP contribution in [0.15, 0.2) is 5.11 Å². The van der Waals surface area contributed by atoms with Crippen molar-refractivity contribution in [1.82, 2.24) is 0 Å². The molecule has 10 heavy (non-hydrogen) atoms. The van der Waals surface area contributed by atoms with E-state index < -0.39 is 0 Å². The molecule has 0 amide bonds. The van der Waals surface area contributed by atoms with Gasteiger partial charge in [0.15, 0.2) is 0 Å². The number of nitrogens with two attached hydrogens (primary N) is 1. The van der Waals surface area contributed by atoms with E-state index in [1.165, 1.54) is 6.42 Å². The molecule has 0 bridgehead atoms. The van der Waals surface area contributed by atoms with Gasteiger partial charge in [-0.3, -0.25) is 0 Å². The number of rotatable bonds is 3. The van der Waals surface area contributed by atoms with Crippen LogP contribution >= 0.6 is 0 Å². The van der Waals surface area contributed by atoms with Crippen LogP contribution in [-0.4, -0.2) is 12.1 Å². The van der Waals surface area contributed by atoms with E-state index >= 15 is 0 Å². The van der Waals surface area contributed by atoms with Crippen molar-refractivity contribution in [2.45, 2.75) is 31.2 Å². The van der Waals surface area contributed by atoms with Crippen molar-refractivity contribution in [2.24, 2.45) is 10.8 Å². The summed E-state index contributed by atoms with van der Waals surface area (Å²) >= 11 is 0. The second-order valence-electron chi connectivity index (χ2n) is 2.92. The van der Waals surface area contributed by atoms with Crippen LogP contribution in [0.1, 0.15) is 25.7 Å². The van der Waals surface area contributed by atoms with Gasteiger partial charge in [-0.05, 0) is 31.2 Å². The van der Waals surface area contributed by atoms with Gasteiger partial charge in [0.1, 0.15) is 0 Å². The van der Waals surface area contributed by atoms with Gasteiger partial charge >= 0.3 is 0 Å². The Kier molecular flexibility index (Phi) is 2.14. The zero-order valence-corrected chi connectivity index (χ0v) is 5.95. The molecule has 0 aromatic heterocycles. The van der Waals surface area contributed by atoms with E-state index in [1.807, 2.05) is 0 Å². The molecule has 0 spiro atoms. The third-order valence-corrected chi connectivity index (χ3v) is 2.12. The van der Waals surface area contributed by atoms with Crippen molar-refractivity contribution in [2.75, 3.05) is 6.54 Å². The molecule has 2 N–H and O–H groups in total. The van der Waals surface area contributed by atoms with Gasteiger partial charge in [0.2, 0.25) is 0 Å². The van der Waals surface area contributed by atoms with Crippen molar-refractivity contribution in [3.8, 4) is 0 Å². The summed E-state index contributed by atoms with van der Waals surface area (Å²) in [5.74, 6) is 0. The summed E-state index contributed by atoms with van der Waals surface area (Å²) in [5.41, 5.74) is 13.8. The topological polar surface area (TPSA) is 74.8 Å². The molecular formula is C6H12N4. The maximum Gasteiger partial charge on any atom is 0.0275 e. The molecule has 1 fully saturated rings. The Morgan fingerprint density at radius 1 is 1.60 bits per heavy atom. The highest BCUT2D eigenvalue weighted by Crippen LogP contribution is 2.31. The van der Waals surface area contributed by atoms with E-state index in [0.29, 0.717) is 6.54 Å². The minimum atomic E-state index is 0.00813. The maximum atomic E-state index is 7.97. The molecule has 0 radical (unpaired) electrons. The molecule has 0 atom stereocenters. The van der Waals surface area contributed by atoms with E-state index in [2.05, 4.69) is 10.0 Å². The Morgan fingerprint density at radius 3 is 2.70 bits per heavy atom. The Morgan fingerprint density at radius 2 is 2.30 bits per heavy atom. The predicted octanol–water partition coefficient (Wildman–Crippen LogP) is 1.57. The third kappa shape index (κ3) is 1.62. The van der Waals surface area contributed by atoms with Crippen molar-refractivity contribution in [3.63, 3.8) is 0 Å². The molecule has 1 rings (SSSR count). The molecule has 4 heteroatoms. The first-order chi connectivity index (χ1) is 4.77. The van der Waals surface area contributed by atoms with Gasteiger partial charge in [0, 0.05) is 17.0 Å². The highest BCUT2D eigenvalue weighted by molar-refractivity contribution is 4.92. The molecular weight excluding hydrogens is 128 g/mol. The number of hydrogen-bond acceptors (Lipinski definition) is 2. The summed E-state index contributed by atoms with van der Waals surface area (Å²) in [6.45, 7) is 0.549. The first-order valence-electron chi connectivity index (χ1n) is 3.57. The molecule has 1 aliphatic carbocycles. The monoisotopic (exact) mass is 140 g/mol.